The van der Waals surface area contributed by atoms with Crippen molar-refractivity contribution in [3.8, 4) is 0 Å². The van der Waals surface area contributed by atoms with Gasteiger partial charge in [-0.2, -0.15) is 0 Å². The topological polar surface area (TPSA) is 75.4 Å². The second-order valence-corrected chi connectivity index (χ2v) is 4.24. The lowest BCUT2D eigenvalue weighted by atomic mass is 10.0. The van der Waals surface area contributed by atoms with Gasteiger partial charge in [0, 0.05) is 13.6 Å². The molecular formula is C11H15N3O3. The minimum Gasteiger partial charge on any atom is -0.480 e. The number of carboxylic acid groups (broad SMARTS) is 1. The van der Waals surface area contributed by atoms with Crippen molar-refractivity contribution in [1.82, 2.24) is 14.5 Å². The van der Waals surface area contributed by atoms with Gasteiger partial charge >= 0.3 is 5.97 Å². The Bertz CT molecular complexity index is 441. The van der Waals surface area contributed by atoms with Crippen LogP contribution in [-0.4, -0.2) is 44.0 Å². The third-order valence-electron chi connectivity index (χ3n) is 3.08. The van der Waals surface area contributed by atoms with E-state index in [4.69, 9.17) is 5.11 Å². The van der Waals surface area contributed by atoms with Gasteiger partial charge in [0.25, 0.3) is 5.91 Å². The van der Waals surface area contributed by atoms with Crippen LogP contribution in [0.4, 0.5) is 0 Å². The van der Waals surface area contributed by atoms with Gasteiger partial charge in [-0.1, -0.05) is 0 Å². The van der Waals surface area contributed by atoms with Gasteiger partial charge in [-0.15, -0.1) is 0 Å². The Morgan fingerprint density at radius 1 is 1.47 bits per heavy atom. The van der Waals surface area contributed by atoms with Crippen LogP contribution in [0.3, 0.4) is 0 Å². The highest BCUT2D eigenvalue weighted by molar-refractivity contribution is 5.95. The maximum Gasteiger partial charge on any atom is 0.326 e. The number of nitrogens with zero attached hydrogens (tertiary/aromatic N) is 3. The lowest BCUT2D eigenvalue weighted by Crippen LogP contribution is -2.48. The van der Waals surface area contributed by atoms with Crippen molar-refractivity contribution in [2.24, 2.45) is 7.05 Å². The van der Waals surface area contributed by atoms with Crippen LogP contribution in [0.1, 0.15) is 29.8 Å². The quantitative estimate of drug-likeness (QED) is 0.812. The number of carboxylic acids is 1. The second kappa shape index (κ2) is 4.57. The van der Waals surface area contributed by atoms with Crippen molar-refractivity contribution in [2.75, 3.05) is 6.54 Å². The Hall–Kier alpha value is -1.85. The molecule has 0 aromatic carbocycles. The fraction of sp³-hybridized carbons (Fsp3) is 0.545. The molecule has 0 aliphatic carbocycles. The normalized spacial score (nSPS) is 20.3. The molecule has 1 aromatic heterocycles. The average molecular weight is 237 g/mol. The summed E-state index contributed by atoms with van der Waals surface area (Å²) in [7, 11) is 1.72. The molecule has 6 heteroatoms. The van der Waals surface area contributed by atoms with E-state index in [9.17, 15) is 9.59 Å². The minimum absolute atomic E-state index is 0.253. The molecule has 1 saturated heterocycles. The number of imidazole rings is 1. The molecule has 0 radical (unpaired) electrons. The highest BCUT2D eigenvalue weighted by Gasteiger charge is 2.33. The summed E-state index contributed by atoms with van der Waals surface area (Å²) in [4.78, 5) is 28.6. The number of aliphatic carboxylic acids is 1. The maximum atomic E-state index is 12.2. The highest BCUT2D eigenvalue weighted by Crippen LogP contribution is 2.19. The van der Waals surface area contributed by atoms with E-state index in [1.807, 2.05) is 0 Å². The molecule has 2 heterocycles. The molecule has 1 unspecified atom stereocenters. The Kier molecular flexibility index (Phi) is 3.12. The lowest BCUT2D eigenvalue weighted by Gasteiger charge is -2.32. The molecule has 1 atom stereocenters. The fourth-order valence-corrected chi connectivity index (χ4v) is 2.14. The van der Waals surface area contributed by atoms with Crippen LogP contribution in [0.25, 0.3) is 0 Å². The molecule has 0 saturated carbocycles. The van der Waals surface area contributed by atoms with Crippen molar-refractivity contribution in [2.45, 2.75) is 25.3 Å². The maximum absolute atomic E-state index is 12.2. The van der Waals surface area contributed by atoms with E-state index in [0.29, 0.717) is 18.7 Å². The third-order valence-corrected chi connectivity index (χ3v) is 3.08. The van der Waals surface area contributed by atoms with Crippen LogP contribution >= 0.6 is 0 Å². The number of aryl methyl sites for hydroxylation is 1. The van der Waals surface area contributed by atoms with E-state index >= 15 is 0 Å². The number of aromatic nitrogens is 2. The van der Waals surface area contributed by atoms with Crippen molar-refractivity contribution < 1.29 is 14.7 Å². The first-order chi connectivity index (χ1) is 8.11. The number of amides is 1. The smallest absolute Gasteiger partial charge is 0.326 e. The Morgan fingerprint density at radius 2 is 2.24 bits per heavy atom. The summed E-state index contributed by atoms with van der Waals surface area (Å²) >= 11 is 0. The molecule has 0 bridgehead atoms. The van der Waals surface area contributed by atoms with Crippen molar-refractivity contribution in [1.29, 1.82) is 0 Å². The number of carbonyl (C=O) groups excluding carboxylic acids is 1. The molecule has 1 amide bonds. The summed E-state index contributed by atoms with van der Waals surface area (Å²) in [5, 5.41) is 9.11. The van der Waals surface area contributed by atoms with E-state index in [0.717, 1.165) is 12.8 Å². The Labute approximate surface area is 98.9 Å². The molecule has 1 aromatic rings. The lowest BCUT2D eigenvalue weighted by molar-refractivity contribution is -0.143. The summed E-state index contributed by atoms with van der Waals surface area (Å²) in [6.07, 6.45) is 5.24. The van der Waals surface area contributed by atoms with Gasteiger partial charge in [-0.05, 0) is 19.3 Å². The number of piperidine rings is 1. The third kappa shape index (κ3) is 2.15. The van der Waals surface area contributed by atoms with Gasteiger partial charge in [-0.3, -0.25) is 4.79 Å². The molecule has 17 heavy (non-hydrogen) atoms. The van der Waals surface area contributed by atoms with E-state index in [2.05, 4.69) is 4.98 Å². The van der Waals surface area contributed by atoms with Crippen molar-refractivity contribution in [3.05, 3.63) is 18.2 Å². The van der Waals surface area contributed by atoms with E-state index in [1.54, 1.807) is 11.6 Å². The molecule has 1 N–H and O–H groups in total. The summed E-state index contributed by atoms with van der Waals surface area (Å²) in [6.45, 7) is 0.501. The molecule has 6 nitrogen and oxygen atoms in total. The predicted molar refractivity (Wildman–Crippen MR) is 59.5 cm³/mol. The van der Waals surface area contributed by atoms with E-state index in [-0.39, 0.29) is 5.91 Å². The van der Waals surface area contributed by atoms with E-state index in [1.165, 1.54) is 17.4 Å². The molecule has 1 aliphatic heterocycles. The first-order valence-electron chi connectivity index (χ1n) is 5.61. The van der Waals surface area contributed by atoms with Gasteiger partial charge in [-0.25, -0.2) is 9.78 Å². The largest absolute Gasteiger partial charge is 0.480 e. The Balaban J connectivity index is 2.23. The summed E-state index contributed by atoms with van der Waals surface area (Å²) < 4.78 is 1.61. The first-order valence-corrected chi connectivity index (χ1v) is 5.61. The first kappa shape index (κ1) is 11.6. The molecule has 1 aliphatic rings. The van der Waals surface area contributed by atoms with Crippen LogP contribution < -0.4 is 0 Å². The molecule has 92 valence electrons. The van der Waals surface area contributed by atoms with Crippen molar-refractivity contribution in [3.63, 3.8) is 0 Å². The van der Waals surface area contributed by atoms with Crippen LogP contribution in [0.15, 0.2) is 12.5 Å². The van der Waals surface area contributed by atoms with Gasteiger partial charge in [0.15, 0.2) is 0 Å². The van der Waals surface area contributed by atoms with Crippen LogP contribution in [-0.2, 0) is 11.8 Å². The van der Waals surface area contributed by atoms with Crippen molar-refractivity contribution >= 4 is 11.9 Å². The monoisotopic (exact) mass is 237 g/mol. The SMILES string of the molecule is Cn1cncc1C(=O)N1CCCCC1C(=O)O. The second-order valence-electron chi connectivity index (χ2n) is 4.24. The zero-order valence-electron chi connectivity index (χ0n) is 9.67. The zero-order valence-corrected chi connectivity index (χ0v) is 9.67. The molecule has 2 rings (SSSR count). The van der Waals surface area contributed by atoms with E-state index < -0.39 is 12.0 Å². The molecule has 1 fully saturated rings. The minimum atomic E-state index is -0.930. The van der Waals surface area contributed by atoms with Crippen LogP contribution in [0, 0.1) is 0 Å². The summed E-state index contributed by atoms with van der Waals surface area (Å²) in [5.74, 6) is -1.18. The zero-order chi connectivity index (χ0) is 12.4. The fourth-order valence-electron chi connectivity index (χ4n) is 2.14. The van der Waals surface area contributed by atoms with Crippen LogP contribution in [0.2, 0.25) is 0 Å². The number of likely N-dealkylation sites (tertiary alicyclic amines) is 1. The molecular weight excluding hydrogens is 222 g/mol. The highest BCUT2D eigenvalue weighted by atomic mass is 16.4. The van der Waals surface area contributed by atoms with Gasteiger partial charge in [0.05, 0.1) is 12.5 Å². The number of carbonyl (C=O) groups is 2. The number of hydrogen-bond acceptors (Lipinski definition) is 3. The average Bonchev–Trinajstić information content (AvgIpc) is 2.74. The Morgan fingerprint density at radius 3 is 2.82 bits per heavy atom. The standard InChI is InChI=1S/C11H15N3O3/c1-13-7-12-6-9(13)10(15)14-5-3-2-4-8(14)11(16)17/h6-8H,2-5H2,1H3,(H,16,17). The number of rotatable bonds is 2. The van der Waals surface area contributed by atoms with Crippen LogP contribution in [0.5, 0.6) is 0 Å². The van der Waals surface area contributed by atoms with Gasteiger partial charge < -0.3 is 14.6 Å². The number of hydrogen-bond donors (Lipinski definition) is 1. The van der Waals surface area contributed by atoms with Gasteiger partial charge in [0.2, 0.25) is 0 Å². The van der Waals surface area contributed by atoms with Gasteiger partial charge in [0.1, 0.15) is 11.7 Å². The predicted octanol–water partition coefficient (Wildman–Crippen LogP) is 0.499. The summed E-state index contributed by atoms with van der Waals surface area (Å²) in [6, 6.07) is -0.703. The summed E-state index contributed by atoms with van der Waals surface area (Å²) in [5.41, 5.74) is 0.429. The molecule has 0 spiro atoms.